The molecule has 3 N–H and O–H groups in total. The quantitative estimate of drug-likeness (QED) is 0.855. The third-order valence-corrected chi connectivity index (χ3v) is 2.37. The summed E-state index contributed by atoms with van der Waals surface area (Å²) in [5.41, 5.74) is 8.40. The van der Waals surface area contributed by atoms with Gasteiger partial charge in [0.05, 0.1) is 18.3 Å². The lowest BCUT2D eigenvalue weighted by atomic mass is 10.2. The van der Waals surface area contributed by atoms with Crippen LogP contribution >= 0.6 is 0 Å². The number of hydrogen-bond donors (Lipinski definition) is 2. The van der Waals surface area contributed by atoms with Crippen molar-refractivity contribution in [2.75, 3.05) is 11.1 Å². The van der Waals surface area contributed by atoms with Gasteiger partial charge in [0.2, 0.25) is 5.91 Å². The van der Waals surface area contributed by atoms with Gasteiger partial charge in [0.15, 0.2) is 0 Å². The number of pyridine rings is 2. The second-order valence-corrected chi connectivity index (χ2v) is 3.99. The number of carbonyl (C=O) groups is 1. The molecule has 0 aromatic carbocycles. The summed E-state index contributed by atoms with van der Waals surface area (Å²) in [6.07, 6.45) is 3.42. The Morgan fingerprint density at radius 2 is 2.17 bits per heavy atom. The Labute approximate surface area is 105 Å². The van der Waals surface area contributed by atoms with Crippen LogP contribution < -0.4 is 11.1 Å². The minimum absolute atomic E-state index is 0.113. The van der Waals surface area contributed by atoms with Gasteiger partial charge in [-0.15, -0.1) is 0 Å². The molecular formula is C13H14N4O. The number of aromatic nitrogens is 2. The summed E-state index contributed by atoms with van der Waals surface area (Å²) in [6.45, 7) is 1.87. The molecule has 0 aliphatic heterocycles. The number of nitrogens with one attached hydrogen (secondary N) is 1. The fourth-order valence-corrected chi connectivity index (χ4v) is 1.53. The zero-order valence-electron chi connectivity index (χ0n) is 10.1. The lowest BCUT2D eigenvalue weighted by Crippen LogP contribution is -2.15. The number of aryl methyl sites for hydroxylation is 1. The maximum Gasteiger partial charge on any atom is 0.230 e. The molecule has 0 fully saturated rings. The van der Waals surface area contributed by atoms with Crippen molar-refractivity contribution in [3.63, 3.8) is 0 Å². The smallest absolute Gasteiger partial charge is 0.230 e. The van der Waals surface area contributed by atoms with E-state index in [9.17, 15) is 4.79 Å². The van der Waals surface area contributed by atoms with E-state index in [-0.39, 0.29) is 12.3 Å². The van der Waals surface area contributed by atoms with Crippen molar-refractivity contribution in [1.82, 2.24) is 9.97 Å². The van der Waals surface area contributed by atoms with Gasteiger partial charge in [0.1, 0.15) is 0 Å². The number of carbonyl (C=O) groups excluding carboxylic acids is 1. The molecule has 0 aliphatic rings. The Morgan fingerprint density at radius 1 is 1.33 bits per heavy atom. The van der Waals surface area contributed by atoms with Crippen LogP contribution in [0.2, 0.25) is 0 Å². The number of nitrogen functional groups attached to an aromatic ring is 1. The highest BCUT2D eigenvalue weighted by molar-refractivity contribution is 5.92. The van der Waals surface area contributed by atoms with E-state index in [1.165, 1.54) is 0 Å². The summed E-state index contributed by atoms with van der Waals surface area (Å²) in [6, 6.07) is 7.04. The molecule has 0 aliphatic carbocycles. The van der Waals surface area contributed by atoms with Gasteiger partial charge in [0, 0.05) is 23.3 Å². The van der Waals surface area contributed by atoms with Gasteiger partial charge in [-0.3, -0.25) is 14.8 Å². The summed E-state index contributed by atoms with van der Waals surface area (Å²) >= 11 is 0. The van der Waals surface area contributed by atoms with Gasteiger partial charge in [0.25, 0.3) is 0 Å². The van der Waals surface area contributed by atoms with Gasteiger partial charge in [-0.1, -0.05) is 0 Å². The fraction of sp³-hybridized carbons (Fsp3) is 0.154. The van der Waals surface area contributed by atoms with Gasteiger partial charge >= 0.3 is 0 Å². The second kappa shape index (κ2) is 5.27. The Morgan fingerprint density at radius 3 is 2.83 bits per heavy atom. The van der Waals surface area contributed by atoms with Gasteiger partial charge in [-0.2, -0.15) is 0 Å². The monoisotopic (exact) mass is 242 g/mol. The van der Waals surface area contributed by atoms with Crippen molar-refractivity contribution < 1.29 is 4.79 Å². The molecule has 0 atom stereocenters. The average molecular weight is 242 g/mol. The lowest BCUT2D eigenvalue weighted by Gasteiger charge is -2.05. The largest absolute Gasteiger partial charge is 0.397 e. The van der Waals surface area contributed by atoms with Crippen molar-refractivity contribution in [3.8, 4) is 0 Å². The van der Waals surface area contributed by atoms with Crippen molar-refractivity contribution in [1.29, 1.82) is 0 Å². The fourth-order valence-electron chi connectivity index (χ4n) is 1.53. The lowest BCUT2D eigenvalue weighted by molar-refractivity contribution is -0.115. The topological polar surface area (TPSA) is 80.9 Å². The average Bonchev–Trinajstić information content (AvgIpc) is 2.32. The Bertz CT molecular complexity index is 551. The molecule has 2 rings (SSSR count). The molecule has 0 unspecified atom stereocenters. The summed E-state index contributed by atoms with van der Waals surface area (Å²) < 4.78 is 0. The zero-order chi connectivity index (χ0) is 13.0. The second-order valence-electron chi connectivity index (χ2n) is 3.99. The van der Waals surface area contributed by atoms with E-state index < -0.39 is 0 Å². The molecule has 18 heavy (non-hydrogen) atoms. The Hall–Kier alpha value is -2.43. The SMILES string of the molecule is Cc1cc(NC(=O)Cc2ccc(N)cn2)ccn1. The van der Waals surface area contributed by atoms with Gasteiger partial charge in [-0.05, 0) is 31.2 Å². The summed E-state index contributed by atoms with van der Waals surface area (Å²) in [5, 5.41) is 2.80. The highest BCUT2D eigenvalue weighted by atomic mass is 16.1. The minimum atomic E-state index is -0.113. The Balaban J connectivity index is 1.98. The van der Waals surface area contributed by atoms with Crippen molar-refractivity contribution >= 4 is 17.3 Å². The number of amides is 1. The summed E-state index contributed by atoms with van der Waals surface area (Å²) in [4.78, 5) is 19.9. The van der Waals surface area contributed by atoms with Gasteiger partial charge < -0.3 is 11.1 Å². The number of anilines is 2. The molecule has 0 radical (unpaired) electrons. The molecular weight excluding hydrogens is 228 g/mol. The molecule has 2 aromatic rings. The molecule has 2 aromatic heterocycles. The maximum absolute atomic E-state index is 11.8. The van der Waals surface area contributed by atoms with Crippen LogP contribution in [-0.2, 0) is 11.2 Å². The van der Waals surface area contributed by atoms with Crippen molar-refractivity contribution in [2.45, 2.75) is 13.3 Å². The number of nitrogens with two attached hydrogens (primary N) is 1. The molecule has 0 spiro atoms. The van der Waals surface area contributed by atoms with E-state index in [1.54, 1.807) is 30.6 Å². The first-order valence-electron chi connectivity index (χ1n) is 5.56. The van der Waals surface area contributed by atoms with E-state index >= 15 is 0 Å². The van der Waals surface area contributed by atoms with Crippen LogP contribution in [0.3, 0.4) is 0 Å². The van der Waals surface area contributed by atoms with E-state index in [1.807, 2.05) is 13.0 Å². The van der Waals surface area contributed by atoms with Crippen LogP contribution in [0.4, 0.5) is 11.4 Å². The van der Waals surface area contributed by atoms with E-state index in [0.717, 1.165) is 11.4 Å². The molecule has 0 bridgehead atoms. The molecule has 92 valence electrons. The number of nitrogens with zero attached hydrogens (tertiary/aromatic N) is 2. The van der Waals surface area contributed by atoms with Crippen LogP contribution in [0.25, 0.3) is 0 Å². The van der Waals surface area contributed by atoms with Gasteiger partial charge in [-0.25, -0.2) is 0 Å². The first-order valence-corrected chi connectivity index (χ1v) is 5.56. The normalized spacial score (nSPS) is 10.1. The van der Waals surface area contributed by atoms with Crippen LogP contribution in [0, 0.1) is 6.92 Å². The Kier molecular flexibility index (Phi) is 3.52. The van der Waals surface area contributed by atoms with Crippen LogP contribution in [0.5, 0.6) is 0 Å². The number of rotatable bonds is 3. The molecule has 0 saturated heterocycles. The van der Waals surface area contributed by atoms with E-state index in [0.29, 0.717) is 11.4 Å². The third-order valence-electron chi connectivity index (χ3n) is 2.37. The molecule has 5 heteroatoms. The molecule has 0 saturated carbocycles. The highest BCUT2D eigenvalue weighted by Crippen LogP contribution is 2.08. The van der Waals surface area contributed by atoms with Crippen LogP contribution in [0.1, 0.15) is 11.4 Å². The standard InChI is InChI=1S/C13H14N4O/c1-9-6-12(4-5-15-9)17-13(18)7-11-3-2-10(14)8-16-11/h2-6,8H,7,14H2,1H3,(H,15,17,18). The maximum atomic E-state index is 11.8. The van der Waals surface area contributed by atoms with Crippen molar-refractivity contribution in [2.24, 2.45) is 0 Å². The van der Waals surface area contributed by atoms with E-state index in [2.05, 4.69) is 15.3 Å². The first kappa shape index (κ1) is 12.0. The third kappa shape index (κ3) is 3.28. The molecule has 1 amide bonds. The van der Waals surface area contributed by atoms with E-state index in [4.69, 9.17) is 5.73 Å². The highest BCUT2D eigenvalue weighted by Gasteiger charge is 2.05. The van der Waals surface area contributed by atoms with Crippen LogP contribution in [-0.4, -0.2) is 15.9 Å². The molecule has 5 nitrogen and oxygen atoms in total. The first-order chi connectivity index (χ1) is 8.63. The molecule has 2 heterocycles. The predicted octanol–water partition coefficient (Wildman–Crippen LogP) is 1.55. The summed E-state index contributed by atoms with van der Waals surface area (Å²) in [7, 11) is 0. The van der Waals surface area contributed by atoms with Crippen molar-refractivity contribution in [3.05, 3.63) is 48.0 Å². The van der Waals surface area contributed by atoms with Crippen LogP contribution in [0.15, 0.2) is 36.7 Å². The zero-order valence-corrected chi connectivity index (χ0v) is 10.1. The minimum Gasteiger partial charge on any atom is -0.397 e. The number of hydrogen-bond acceptors (Lipinski definition) is 4. The summed E-state index contributed by atoms with van der Waals surface area (Å²) in [5.74, 6) is -0.113. The predicted molar refractivity (Wildman–Crippen MR) is 70.0 cm³/mol.